The number of aryl methyl sites for hydroxylation is 1. The molecule has 2 fully saturated rings. The fraction of sp³-hybridized carbons (Fsp3) is 0.474. The van der Waals surface area contributed by atoms with Gasteiger partial charge in [0.15, 0.2) is 0 Å². The molecule has 0 radical (unpaired) electrons. The second-order valence-corrected chi connectivity index (χ2v) is 7.07. The average Bonchev–Trinajstić information content (AvgIpc) is 3.40. The maximum atomic E-state index is 4.50. The fourth-order valence-electron chi connectivity index (χ4n) is 3.11. The highest BCUT2D eigenvalue weighted by Crippen LogP contribution is 2.26. The van der Waals surface area contributed by atoms with Gasteiger partial charge in [-0.1, -0.05) is 0 Å². The van der Waals surface area contributed by atoms with E-state index in [-0.39, 0.29) is 0 Å². The third-order valence-corrected chi connectivity index (χ3v) is 4.78. The van der Waals surface area contributed by atoms with E-state index in [0.29, 0.717) is 6.04 Å². The molecular weight excluding hydrogens is 312 g/mol. The van der Waals surface area contributed by atoms with Gasteiger partial charge in [0.05, 0.1) is 0 Å². The van der Waals surface area contributed by atoms with E-state index in [0.717, 1.165) is 49.3 Å². The molecule has 0 atom stereocenters. The molecule has 1 saturated heterocycles. The summed E-state index contributed by atoms with van der Waals surface area (Å²) in [6.07, 6.45) is 2.47. The van der Waals surface area contributed by atoms with Crippen molar-refractivity contribution in [2.24, 2.45) is 0 Å². The first-order valence-electron chi connectivity index (χ1n) is 9.08. The summed E-state index contributed by atoms with van der Waals surface area (Å²) in [7, 11) is 2.18. The molecule has 0 amide bonds. The van der Waals surface area contributed by atoms with Gasteiger partial charge >= 0.3 is 0 Å². The molecular formula is C19H26N6. The molecule has 0 unspecified atom stereocenters. The second kappa shape index (κ2) is 6.88. The van der Waals surface area contributed by atoms with Gasteiger partial charge in [-0.3, -0.25) is 0 Å². The number of nitrogens with one attached hydrogen (secondary N) is 2. The molecule has 132 valence electrons. The Morgan fingerprint density at radius 1 is 0.960 bits per heavy atom. The van der Waals surface area contributed by atoms with Gasteiger partial charge in [0.25, 0.3) is 0 Å². The van der Waals surface area contributed by atoms with E-state index in [1.54, 1.807) is 0 Å². The standard InChI is InChI=1S/C19H26N6/c1-14-20-18(22-15-3-4-15)13-19(21-14)23-16-5-7-17(8-6-16)25-11-9-24(2)10-12-25/h5-8,13,15H,3-4,9-12H2,1-2H3,(H2,20,21,22,23). The molecule has 2 aliphatic rings. The van der Waals surface area contributed by atoms with Crippen molar-refractivity contribution in [2.75, 3.05) is 48.8 Å². The Labute approximate surface area is 149 Å². The van der Waals surface area contributed by atoms with Crippen LogP contribution in [-0.2, 0) is 0 Å². The number of likely N-dealkylation sites (N-methyl/N-ethyl adjacent to an activating group) is 1. The molecule has 2 N–H and O–H groups in total. The fourth-order valence-corrected chi connectivity index (χ4v) is 3.11. The average molecular weight is 338 g/mol. The predicted octanol–water partition coefficient (Wildman–Crippen LogP) is 2.85. The van der Waals surface area contributed by atoms with Crippen LogP contribution in [0.4, 0.5) is 23.0 Å². The molecule has 1 aliphatic carbocycles. The van der Waals surface area contributed by atoms with E-state index in [1.165, 1.54) is 18.5 Å². The number of anilines is 4. The van der Waals surface area contributed by atoms with Gasteiger partial charge in [-0.2, -0.15) is 0 Å². The lowest BCUT2D eigenvalue weighted by Gasteiger charge is -2.34. The van der Waals surface area contributed by atoms with Crippen molar-refractivity contribution in [3.63, 3.8) is 0 Å². The number of aromatic nitrogens is 2. The number of hydrogen-bond acceptors (Lipinski definition) is 6. The summed E-state index contributed by atoms with van der Waals surface area (Å²) >= 11 is 0. The molecule has 2 heterocycles. The topological polar surface area (TPSA) is 56.3 Å². The van der Waals surface area contributed by atoms with Crippen LogP contribution in [0, 0.1) is 6.92 Å². The first-order valence-corrected chi connectivity index (χ1v) is 9.08. The van der Waals surface area contributed by atoms with Crippen LogP contribution >= 0.6 is 0 Å². The number of nitrogens with zero attached hydrogens (tertiary/aromatic N) is 4. The lowest BCUT2D eigenvalue weighted by molar-refractivity contribution is 0.313. The smallest absolute Gasteiger partial charge is 0.136 e. The maximum Gasteiger partial charge on any atom is 0.136 e. The Hall–Kier alpha value is -2.34. The molecule has 4 rings (SSSR count). The molecule has 25 heavy (non-hydrogen) atoms. The van der Waals surface area contributed by atoms with E-state index < -0.39 is 0 Å². The van der Waals surface area contributed by atoms with Crippen molar-refractivity contribution >= 4 is 23.0 Å². The summed E-state index contributed by atoms with van der Waals surface area (Å²) in [4.78, 5) is 13.8. The van der Waals surface area contributed by atoms with Crippen LogP contribution in [0.5, 0.6) is 0 Å². The SMILES string of the molecule is Cc1nc(Nc2ccc(N3CCN(C)CC3)cc2)cc(NC2CC2)n1. The minimum Gasteiger partial charge on any atom is -0.369 e. The molecule has 2 aromatic rings. The van der Waals surface area contributed by atoms with E-state index >= 15 is 0 Å². The third kappa shape index (κ3) is 4.20. The lowest BCUT2D eigenvalue weighted by atomic mass is 10.2. The molecule has 0 spiro atoms. The molecule has 1 aromatic carbocycles. The summed E-state index contributed by atoms with van der Waals surface area (Å²) in [5, 5.41) is 6.83. The van der Waals surface area contributed by atoms with Gasteiger partial charge in [0.2, 0.25) is 0 Å². The zero-order chi connectivity index (χ0) is 17.2. The molecule has 0 bridgehead atoms. The van der Waals surface area contributed by atoms with Crippen LogP contribution in [-0.4, -0.2) is 54.1 Å². The number of hydrogen-bond donors (Lipinski definition) is 2. The third-order valence-electron chi connectivity index (χ3n) is 4.78. The van der Waals surface area contributed by atoms with E-state index in [9.17, 15) is 0 Å². The second-order valence-electron chi connectivity index (χ2n) is 7.07. The molecule has 1 aromatic heterocycles. The normalized spacial score (nSPS) is 18.2. The van der Waals surface area contributed by atoms with E-state index in [1.807, 2.05) is 13.0 Å². The highest BCUT2D eigenvalue weighted by molar-refractivity contribution is 5.62. The van der Waals surface area contributed by atoms with Crippen LogP contribution in [0.1, 0.15) is 18.7 Å². The molecule has 6 heteroatoms. The Bertz CT molecular complexity index is 717. The first-order chi connectivity index (χ1) is 12.2. The van der Waals surface area contributed by atoms with Gasteiger partial charge in [-0.25, -0.2) is 9.97 Å². The predicted molar refractivity (Wildman–Crippen MR) is 103 cm³/mol. The van der Waals surface area contributed by atoms with Crippen molar-refractivity contribution in [3.8, 4) is 0 Å². The van der Waals surface area contributed by atoms with Crippen LogP contribution in [0.3, 0.4) is 0 Å². The summed E-state index contributed by atoms with van der Waals surface area (Å²) in [5.74, 6) is 2.52. The van der Waals surface area contributed by atoms with Crippen LogP contribution in [0.25, 0.3) is 0 Å². The Morgan fingerprint density at radius 3 is 2.32 bits per heavy atom. The highest BCUT2D eigenvalue weighted by Gasteiger charge is 2.21. The monoisotopic (exact) mass is 338 g/mol. The summed E-state index contributed by atoms with van der Waals surface area (Å²) in [6.45, 7) is 6.35. The van der Waals surface area contributed by atoms with E-state index in [4.69, 9.17) is 0 Å². The van der Waals surface area contributed by atoms with Crippen molar-refractivity contribution in [3.05, 3.63) is 36.2 Å². The first kappa shape index (κ1) is 16.1. The van der Waals surface area contributed by atoms with E-state index in [2.05, 4.69) is 61.7 Å². The van der Waals surface area contributed by atoms with Gasteiger partial charge in [0.1, 0.15) is 17.5 Å². The quantitative estimate of drug-likeness (QED) is 0.874. The van der Waals surface area contributed by atoms with Crippen LogP contribution in [0.15, 0.2) is 30.3 Å². The van der Waals surface area contributed by atoms with Crippen LogP contribution < -0.4 is 15.5 Å². The zero-order valence-corrected chi connectivity index (χ0v) is 15.0. The summed E-state index contributed by atoms with van der Waals surface area (Å²) in [5.41, 5.74) is 2.34. The van der Waals surface area contributed by atoms with Gasteiger partial charge in [-0.05, 0) is 51.1 Å². The minimum atomic E-state index is 0.588. The highest BCUT2D eigenvalue weighted by atomic mass is 15.2. The molecule has 1 aliphatic heterocycles. The lowest BCUT2D eigenvalue weighted by Crippen LogP contribution is -2.44. The van der Waals surface area contributed by atoms with Crippen molar-refractivity contribution < 1.29 is 0 Å². The molecule has 6 nitrogen and oxygen atoms in total. The van der Waals surface area contributed by atoms with Crippen LogP contribution in [0.2, 0.25) is 0 Å². The van der Waals surface area contributed by atoms with Gasteiger partial charge < -0.3 is 20.4 Å². The van der Waals surface area contributed by atoms with Gasteiger partial charge in [0, 0.05) is 49.7 Å². The number of piperazine rings is 1. The van der Waals surface area contributed by atoms with Crippen molar-refractivity contribution in [2.45, 2.75) is 25.8 Å². The largest absolute Gasteiger partial charge is 0.369 e. The Morgan fingerprint density at radius 2 is 1.64 bits per heavy atom. The molecule has 1 saturated carbocycles. The van der Waals surface area contributed by atoms with Gasteiger partial charge in [-0.15, -0.1) is 0 Å². The Kier molecular flexibility index (Phi) is 4.44. The number of benzene rings is 1. The maximum absolute atomic E-state index is 4.50. The Balaban J connectivity index is 1.43. The summed E-state index contributed by atoms with van der Waals surface area (Å²) in [6, 6.07) is 11.2. The summed E-state index contributed by atoms with van der Waals surface area (Å²) < 4.78 is 0. The van der Waals surface area contributed by atoms with Crippen molar-refractivity contribution in [1.82, 2.24) is 14.9 Å². The number of rotatable bonds is 5. The minimum absolute atomic E-state index is 0.588. The zero-order valence-electron chi connectivity index (χ0n) is 15.0. The van der Waals surface area contributed by atoms with Crippen molar-refractivity contribution in [1.29, 1.82) is 0 Å².